The molecule has 0 heterocycles. The fourth-order valence-electron chi connectivity index (χ4n) is 1.11. The predicted molar refractivity (Wildman–Crippen MR) is 49.9 cm³/mol. The molecule has 1 aromatic carbocycles. The van der Waals surface area contributed by atoms with E-state index >= 15 is 0 Å². The molecule has 15 heavy (non-hydrogen) atoms. The first-order chi connectivity index (χ1) is 6.81. The topological polar surface area (TPSA) is 49.8 Å². The maximum atomic E-state index is 12.6. The van der Waals surface area contributed by atoms with Crippen molar-refractivity contribution in [1.29, 1.82) is 5.26 Å². The molecule has 2 N–H and O–H groups in total. The molecule has 0 aliphatic rings. The normalized spacial score (nSPS) is 15.4. The number of nitrogens with zero attached hydrogens (tertiary/aromatic N) is 1. The highest BCUT2D eigenvalue weighted by Crippen LogP contribution is 2.40. The average Bonchev–Trinajstić information content (AvgIpc) is 2.16. The van der Waals surface area contributed by atoms with E-state index in [4.69, 9.17) is 11.0 Å². The standard InChI is InChI=1S/C10H9F3N2/c1-9(6-14,10(11,12)13)7-2-4-8(15)5-3-7/h2-5H,15H2,1H3. The maximum Gasteiger partial charge on any atom is 0.410 e. The quantitative estimate of drug-likeness (QED) is 0.730. The third kappa shape index (κ3) is 1.89. The molecule has 0 spiro atoms. The van der Waals surface area contributed by atoms with Gasteiger partial charge in [0.2, 0.25) is 0 Å². The molecule has 0 amide bonds. The van der Waals surface area contributed by atoms with E-state index in [1.54, 1.807) is 0 Å². The average molecular weight is 214 g/mol. The number of benzene rings is 1. The highest BCUT2D eigenvalue weighted by molar-refractivity contribution is 5.44. The van der Waals surface area contributed by atoms with Gasteiger partial charge in [0.05, 0.1) is 6.07 Å². The highest BCUT2D eigenvalue weighted by atomic mass is 19.4. The Balaban J connectivity index is 3.26. The van der Waals surface area contributed by atoms with Gasteiger partial charge in [0.1, 0.15) is 0 Å². The fourth-order valence-corrected chi connectivity index (χ4v) is 1.11. The Morgan fingerprint density at radius 2 is 1.67 bits per heavy atom. The van der Waals surface area contributed by atoms with Gasteiger partial charge < -0.3 is 5.73 Å². The molecule has 1 aromatic rings. The Labute approximate surface area is 85.1 Å². The lowest BCUT2D eigenvalue weighted by molar-refractivity contribution is -0.168. The zero-order valence-corrected chi connectivity index (χ0v) is 7.97. The molecule has 2 nitrogen and oxygen atoms in total. The van der Waals surface area contributed by atoms with Gasteiger partial charge in [-0.05, 0) is 24.6 Å². The summed E-state index contributed by atoms with van der Waals surface area (Å²) in [6, 6.07) is 6.40. The molecule has 0 saturated carbocycles. The molecule has 0 fully saturated rings. The molecule has 5 heteroatoms. The van der Waals surface area contributed by atoms with Crippen molar-refractivity contribution in [2.75, 3.05) is 5.73 Å². The zero-order chi connectivity index (χ0) is 11.7. The number of nitriles is 1. The van der Waals surface area contributed by atoms with Crippen molar-refractivity contribution in [3.8, 4) is 6.07 Å². The van der Waals surface area contributed by atoms with Crippen LogP contribution in [0.1, 0.15) is 12.5 Å². The number of hydrogen-bond donors (Lipinski definition) is 1. The van der Waals surface area contributed by atoms with E-state index in [0.717, 1.165) is 6.92 Å². The van der Waals surface area contributed by atoms with Gasteiger partial charge in [-0.3, -0.25) is 0 Å². The van der Waals surface area contributed by atoms with E-state index in [2.05, 4.69) is 0 Å². The molecule has 80 valence electrons. The van der Waals surface area contributed by atoms with Gasteiger partial charge in [0, 0.05) is 5.69 Å². The Bertz CT molecular complexity index is 389. The van der Waals surface area contributed by atoms with Crippen molar-refractivity contribution >= 4 is 5.69 Å². The summed E-state index contributed by atoms with van der Waals surface area (Å²) in [5, 5.41) is 8.64. The van der Waals surface area contributed by atoms with E-state index in [1.165, 1.54) is 30.3 Å². The van der Waals surface area contributed by atoms with Crippen LogP contribution in [0.15, 0.2) is 24.3 Å². The van der Waals surface area contributed by atoms with Crippen LogP contribution in [-0.4, -0.2) is 6.18 Å². The summed E-state index contributed by atoms with van der Waals surface area (Å²) < 4.78 is 37.9. The molecule has 0 aliphatic heterocycles. The molecule has 0 radical (unpaired) electrons. The fraction of sp³-hybridized carbons (Fsp3) is 0.300. The number of hydrogen-bond acceptors (Lipinski definition) is 2. The first kappa shape index (κ1) is 11.4. The monoisotopic (exact) mass is 214 g/mol. The summed E-state index contributed by atoms with van der Waals surface area (Å²) in [4.78, 5) is 0. The van der Waals surface area contributed by atoms with Crippen LogP contribution < -0.4 is 5.73 Å². The molecule has 1 unspecified atom stereocenters. The number of rotatable bonds is 1. The van der Waals surface area contributed by atoms with Crippen molar-refractivity contribution in [3.05, 3.63) is 29.8 Å². The second-order valence-corrected chi connectivity index (χ2v) is 3.36. The summed E-state index contributed by atoms with van der Waals surface area (Å²) in [6.07, 6.45) is -4.60. The molecule has 1 rings (SSSR count). The summed E-state index contributed by atoms with van der Waals surface area (Å²) in [7, 11) is 0. The van der Waals surface area contributed by atoms with Gasteiger partial charge in [-0.15, -0.1) is 0 Å². The van der Waals surface area contributed by atoms with E-state index in [-0.39, 0.29) is 5.56 Å². The van der Waals surface area contributed by atoms with Crippen LogP contribution in [0.5, 0.6) is 0 Å². The van der Waals surface area contributed by atoms with E-state index < -0.39 is 11.6 Å². The lowest BCUT2D eigenvalue weighted by atomic mass is 9.83. The van der Waals surface area contributed by atoms with Crippen molar-refractivity contribution in [3.63, 3.8) is 0 Å². The zero-order valence-electron chi connectivity index (χ0n) is 7.97. The van der Waals surface area contributed by atoms with Crippen molar-refractivity contribution < 1.29 is 13.2 Å². The van der Waals surface area contributed by atoms with Crippen molar-refractivity contribution in [1.82, 2.24) is 0 Å². The summed E-state index contributed by atoms with van der Waals surface area (Å²) >= 11 is 0. The third-order valence-corrected chi connectivity index (χ3v) is 2.28. The van der Waals surface area contributed by atoms with Crippen LogP contribution in [0, 0.1) is 11.3 Å². The minimum Gasteiger partial charge on any atom is -0.399 e. The number of alkyl halides is 3. The van der Waals surface area contributed by atoms with Crippen LogP contribution in [0.25, 0.3) is 0 Å². The minimum absolute atomic E-state index is 0.105. The Kier molecular flexibility index (Phi) is 2.63. The van der Waals surface area contributed by atoms with Gasteiger partial charge in [-0.2, -0.15) is 18.4 Å². The molecule has 0 aliphatic carbocycles. The largest absolute Gasteiger partial charge is 0.410 e. The lowest BCUT2D eigenvalue weighted by Crippen LogP contribution is -2.37. The summed E-state index contributed by atoms with van der Waals surface area (Å²) in [5.74, 6) is 0. The van der Waals surface area contributed by atoms with Crippen LogP contribution in [-0.2, 0) is 5.41 Å². The lowest BCUT2D eigenvalue weighted by Gasteiger charge is -2.25. The summed E-state index contributed by atoms with van der Waals surface area (Å²) in [6.45, 7) is 0.846. The minimum atomic E-state index is -4.60. The van der Waals surface area contributed by atoms with Gasteiger partial charge in [0.15, 0.2) is 5.41 Å². The van der Waals surface area contributed by atoms with Gasteiger partial charge >= 0.3 is 6.18 Å². The smallest absolute Gasteiger partial charge is 0.399 e. The number of nitrogen functional groups attached to an aromatic ring is 1. The van der Waals surface area contributed by atoms with Crippen LogP contribution in [0.3, 0.4) is 0 Å². The van der Waals surface area contributed by atoms with E-state index in [1.807, 2.05) is 0 Å². The van der Waals surface area contributed by atoms with Crippen LogP contribution >= 0.6 is 0 Å². The van der Waals surface area contributed by atoms with Crippen molar-refractivity contribution in [2.45, 2.75) is 18.5 Å². The molecule has 0 bridgehead atoms. The highest BCUT2D eigenvalue weighted by Gasteiger charge is 2.53. The molecule has 0 aromatic heterocycles. The number of anilines is 1. The first-order valence-corrected chi connectivity index (χ1v) is 4.15. The first-order valence-electron chi connectivity index (χ1n) is 4.15. The van der Waals surface area contributed by atoms with Gasteiger partial charge in [0.25, 0.3) is 0 Å². The molecular weight excluding hydrogens is 205 g/mol. The molecular formula is C10H9F3N2. The Morgan fingerprint density at radius 3 is 2.00 bits per heavy atom. The van der Waals surface area contributed by atoms with Crippen molar-refractivity contribution in [2.24, 2.45) is 0 Å². The Morgan fingerprint density at radius 1 is 1.20 bits per heavy atom. The maximum absolute atomic E-state index is 12.6. The second kappa shape index (κ2) is 3.46. The summed E-state index contributed by atoms with van der Waals surface area (Å²) in [5.41, 5.74) is 3.13. The number of halogens is 3. The van der Waals surface area contributed by atoms with E-state index in [0.29, 0.717) is 5.69 Å². The van der Waals surface area contributed by atoms with Crippen LogP contribution in [0.2, 0.25) is 0 Å². The molecule has 0 saturated heterocycles. The van der Waals surface area contributed by atoms with Crippen LogP contribution in [0.4, 0.5) is 18.9 Å². The molecule has 1 atom stereocenters. The van der Waals surface area contributed by atoms with Gasteiger partial charge in [-0.25, -0.2) is 0 Å². The predicted octanol–water partition coefficient (Wildman–Crippen LogP) is 2.61. The SMILES string of the molecule is CC(C#N)(c1ccc(N)cc1)C(F)(F)F. The number of nitrogens with two attached hydrogens (primary N) is 1. The second-order valence-electron chi connectivity index (χ2n) is 3.36. The van der Waals surface area contributed by atoms with E-state index in [9.17, 15) is 13.2 Å². The Hall–Kier alpha value is -1.70. The van der Waals surface area contributed by atoms with Gasteiger partial charge in [-0.1, -0.05) is 12.1 Å². The third-order valence-electron chi connectivity index (χ3n) is 2.28.